The van der Waals surface area contributed by atoms with Gasteiger partial charge in [0.2, 0.25) is 5.91 Å². The SMILES string of the molecule is CCC1(C(=O)Nc2cc(-c3ccc(N4CCN(C(C)C)CC4)nc3)cc(C(=O)NCc3c(C)cc(C)[nH]c3=O)c2C)CC1. The van der Waals surface area contributed by atoms with E-state index < -0.39 is 0 Å². The summed E-state index contributed by atoms with van der Waals surface area (Å²) in [6.45, 7) is 16.0. The van der Waals surface area contributed by atoms with Crippen LogP contribution in [-0.4, -0.2) is 58.9 Å². The second-order valence-corrected chi connectivity index (χ2v) is 12.4. The van der Waals surface area contributed by atoms with Crippen molar-refractivity contribution in [3.05, 3.63) is 74.8 Å². The van der Waals surface area contributed by atoms with Gasteiger partial charge in [-0.25, -0.2) is 4.98 Å². The van der Waals surface area contributed by atoms with E-state index in [-0.39, 0.29) is 29.3 Å². The number of pyridine rings is 2. The van der Waals surface area contributed by atoms with Gasteiger partial charge in [0.1, 0.15) is 5.82 Å². The Morgan fingerprint density at radius 2 is 1.74 bits per heavy atom. The van der Waals surface area contributed by atoms with Crippen molar-refractivity contribution < 1.29 is 9.59 Å². The second kappa shape index (κ2) is 12.3. The Kier molecular flexibility index (Phi) is 8.74. The lowest BCUT2D eigenvalue weighted by atomic mass is 9.96. The number of carbonyl (C=O) groups is 2. The van der Waals surface area contributed by atoms with Crippen molar-refractivity contribution in [2.45, 2.75) is 73.4 Å². The Balaban J connectivity index is 1.42. The first-order valence-corrected chi connectivity index (χ1v) is 15.4. The average Bonchev–Trinajstić information content (AvgIpc) is 3.79. The number of amides is 2. The zero-order valence-corrected chi connectivity index (χ0v) is 26.3. The summed E-state index contributed by atoms with van der Waals surface area (Å²) >= 11 is 0. The number of hydrogen-bond acceptors (Lipinski definition) is 6. The summed E-state index contributed by atoms with van der Waals surface area (Å²) in [4.78, 5) is 51.7. The molecule has 3 N–H and O–H groups in total. The van der Waals surface area contributed by atoms with Gasteiger partial charge in [-0.05, 0) is 101 Å². The Bertz CT molecular complexity index is 1560. The fraction of sp³-hybridized carbons (Fsp3) is 0.471. The summed E-state index contributed by atoms with van der Waals surface area (Å²) in [5, 5.41) is 6.07. The first-order chi connectivity index (χ1) is 20.5. The van der Waals surface area contributed by atoms with Gasteiger partial charge in [-0.1, -0.05) is 6.92 Å². The fourth-order valence-corrected chi connectivity index (χ4v) is 5.97. The van der Waals surface area contributed by atoms with Gasteiger partial charge >= 0.3 is 0 Å². The number of carbonyl (C=O) groups excluding carboxylic acids is 2. The predicted octanol–water partition coefficient (Wildman–Crippen LogP) is 4.95. The van der Waals surface area contributed by atoms with E-state index in [0.29, 0.717) is 28.4 Å². The molecule has 2 amide bonds. The molecule has 1 aliphatic carbocycles. The van der Waals surface area contributed by atoms with Crippen LogP contribution in [0.25, 0.3) is 11.1 Å². The lowest BCUT2D eigenvalue weighted by molar-refractivity contribution is -0.121. The number of nitrogens with one attached hydrogen (secondary N) is 3. The highest BCUT2D eigenvalue weighted by Gasteiger charge is 2.48. The first kappa shape index (κ1) is 30.5. The number of nitrogens with zero attached hydrogens (tertiary/aromatic N) is 3. The molecule has 3 heterocycles. The average molecular weight is 585 g/mol. The third-order valence-corrected chi connectivity index (χ3v) is 9.28. The molecule has 1 saturated carbocycles. The number of rotatable bonds is 9. The van der Waals surface area contributed by atoms with Gasteiger partial charge in [-0.15, -0.1) is 0 Å². The zero-order chi connectivity index (χ0) is 30.9. The molecule has 1 saturated heterocycles. The molecule has 2 aliphatic rings. The summed E-state index contributed by atoms with van der Waals surface area (Å²) in [6.07, 6.45) is 4.38. The molecule has 2 fully saturated rings. The highest BCUT2D eigenvalue weighted by molar-refractivity contribution is 6.03. The normalized spacial score (nSPS) is 16.3. The van der Waals surface area contributed by atoms with Crippen LogP contribution in [0.3, 0.4) is 0 Å². The molecule has 9 nitrogen and oxygen atoms in total. The largest absolute Gasteiger partial charge is 0.354 e. The number of aryl methyl sites for hydroxylation is 2. The maximum atomic E-state index is 13.6. The van der Waals surface area contributed by atoms with Crippen molar-refractivity contribution in [1.29, 1.82) is 0 Å². The number of aromatic amines is 1. The predicted molar refractivity (Wildman–Crippen MR) is 172 cm³/mol. The van der Waals surface area contributed by atoms with Crippen LogP contribution in [0.4, 0.5) is 11.5 Å². The van der Waals surface area contributed by atoms with Crippen LogP contribution in [0, 0.1) is 26.2 Å². The molecule has 0 atom stereocenters. The van der Waals surface area contributed by atoms with Crippen LogP contribution < -0.4 is 21.1 Å². The van der Waals surface area contributed by atoms with Gasteiger partial charge in [-0.3, -0.25) is 19.3 Å². The topological polar surface area (TPSA) is 110 Å². The Morgan fingerprint density at radius 3 is 2.33 bits per heavy atom. The highest BCUT2D eigenvalue weighted by Crippen LogP contribution is 2.49. The third-order valence-electron chi connectivity index (χ3n) is 9.28. The maximum absolute atomic E-state index is 13.6. The zero-order valence-electron chi connectivity index (χ0n) is 26.3. The third kappa shape index (κ3) is 6.51. The Hall–Kier alpha value is -3.98. The molecule has 0 radical (unpaired) electrons. The summed E-state index contributed by atoms with van der Waals surface area (Å²) in [5.41, 5.74) is 5.00. The molecule has 228 valence electrons. The van der Waals surface area contributed by atoms with Crippen molar-refractivity contribution in [3.8, 4) is 11.1 Å². The molecule has 3 aromatic rings. The lowest BCUT2D eigenvalue weighted by Gasteiger charge is -2.37. The van der Waals surface area contributed by atoms with Crippen molar-refractivity contribution in [1.82, 2.24) is 20.2 Å². The van der Waals surface area contributed by atoms with E-state index in [0.717, 1.165) is 73.6 Å². The van der Waals surface area contributed by atoms with E-state index in [4.69, 9.17) is 4.98 Å². The molecule has 0 spiro atoms. The van der Waals surface area contributed by atoms with Crippen LogP contribution >= 0.6 is 0 Å². The summed E-state index contributed by atoms with van der Waals surface area (Å²) in [7, 11) is 0. The molecule has 0 unspecified atom stereocenters. The van der Waals surface area contributed by atoms with Gasteiger partial charge in [0, 0.05) is 78.4 Å². The Morgan fingerprint density at radius 1 is 1.02 bits per heavy atom. The molecule has 2 aromatic heterocycles. The molecule has 0 bridgehead atoms. The summed E-state index contributed by atoms with van der Waals surface area (Å²) in [5.74, 6) is 0.624. The van der Waals surface area contributed by atoms with Crippen molar-refractivity contribution in [3.63, 3.8) is 0 Å². The minimum Gasteiger partial charge on any atom is -0.354 e. The molecular formula is C34H44N6O3. The maximum Gasteiger partial charge on any atom is 0.253 e. The van der Waals surface area contributed by atoms with E-state index in [1.54, 1.807) is 0 Å². The van der Waals surface area contributed by atoms with Gasteiger partial charge in [0.05, 0.1) is 0 Å². The van der Waals surface area contributed by atoms with E-state index in [9.17, 15) is 14.4 Å². The number of aromatic nitrogens is 2. The van der Waals surface area contributed by atoms with Gasteiger partial charge in [0.25, 0.3) is 11.5 Å². The number of H-pyrrole nitrogens is 1. The standard InChI is InChI=1S/C34H44N6O3/c1-7-34(10-11-34)33(43)38-29-18-26(25-8-9-30(35-19-25)40-14-12-39(13-15-40)21(2)3)17-27(24(29)6)31(41)36-20-28-22(4)16-23(5)37-32(28)42/h8-9,16-19,21H,7,10-15,20H2,1-6H3,(H,36,41)(H,37,42)(H,38,43). The number of piperazine rings is 1. The van der Waals surface area contributed by atoms with Gasteiger partial charge in [-0.2, -0.15) is 0 Å². The second-order valence-electron chi connectivity index (χ2n) is 12.4. The minimum absolute atomic E-state index is 0.00237. The quantitative estimate of drug-likeness (QED) is 0.328. The first-order valence-electron chi connectivity index (χ1n) is 15.4. The number of benzene rings is 1. The molecular weight excluding hydrogens is 540 g/mol. The van der Waals surface area contributed by atoms with Crippen molar-refractivity contribution in [2.24, 2.45) is 5.41 Å². The van der Waals surface area contributed by atoms with E-state index in [1.165, 1.54) is 0 Å². The van der Waals surface area contributed by atoms with Crippen molar-refractivity contribution in [2.75, 3.05) is 36.4 Å². The van der Waals surface area contributed by atoms with Gasteiger partial charge < -0.3 is 20.5 Å². The van der Waals surface area contributed by atoms with E-state index >= 15 is 0 Å². The highest BCUT2D eigenvalue weighted by atomic mass is 16.2. The summed E-state index contributed by atoms with van der Waals surface area (Å²) in [6, 6.07) is 10.3. The Labute approximate surface area is 254 Å². The van der Waals surface area contributed by atoms with Crippen LogP contribution in [0.15, 0.2) is 41.3 Å². The molecule has 1 aromatic carbocycles. The fourth-order valence-electron chi connectivity index (χ4n) is 5.97. The lowest BCUT2D eigenvalue weighted by Crippen LogP contribution is -2.49. The molecule has 1 aliphatic heterocycles. The smallest absolute Gasteiger partial charge is 0.253 e. The van der Waals surface area contributed by atoms with Crippen LogP contribution in [0.1, 0.15) is 72.8 Å². The summed E-state index contributed by atoms with van der Waals surface area (Å²) < 4.78 is 0. The monoisotopic (exact) mass is 584 g/mol. The number of hydrogen-bond donors (Lipinski definition) is 3. The molecule has 9 heteroatoms. The van der Waals surface area contributed by atoms with Crippen molar-refractivity contribution >= 4 is 23.3 Å². The minimum atomic E-state index is -0.322. The van der Waals surface area contributed by atoms with E-state index in [1.807, 2.05) is 64.2 Å². The number of anilines is 2. The molecule has 43 heavy (non-hydrogen) atoms. The van der Waals surface area contributed by atoms with Crippen LogP contribution in [-0.2, 0) is 11.3 Å². The van der Waals surface area contributed by atoms with Gasteiger partial charge in [0.15, 0.2) is 0 Å². The van der Waals surface area contributed by atoms with Crippen LogP contribution in [0.5, 0.6) is 0 Å². The molecule has 5 rings (SSSR count). The van der Waals surface area contributed by atoms with Crippen LogP contribution in [0.2, 0.25) is 0 Å². The van der Waals surface area contributed by atoms with E-state index in [2.05, 4.69) is 39.3 Å².